The van der Waals surface area contributed by atoms with Gasteiger partial charge in [-0.25, -0.2) is 4.79 Å². The van der Waals surface area contributed by atoms with Crippen molar-refractivity contribution in [3.05, 3.63) is 33.9 Å². The van der Waals surface area contributed by atoms with E-state index in [1.165, 1.54) is 13.3 Å². The van der Waals surface area contributed by atoms with Crippen LogP contribution in [-0.4, -0.2) is 24.7 Å². The molecule has 0 aliphatic heterocycles. The maximum atomic E-state index is 11.8. The summed E-state index contributed by atoms with van der Waals surface area (Å²) in [5, 5.41) is 1.10. The van der Waals surface area contributed by atoms with E-state index in [1.54, 1.807) is 19.1 Å². The maximum absolute atomic E-state index is 11.8. The summed E-state index contributed by atoms with van der Waals surface area (Å²) in [5.74, 6) is 0.0116. The van der Waals surface area contributed by atoms with E-state index >= 15 is 0 Å². The van der Waals surface area contributed by atoms with Crippen LogP contribution < -0.4 is 4.74 Å². The van der Waals surface area contributed by atoms with Gasteiger partial charge < -0.3 is 9.47 Å². The lowest BCUT2D eigenvalue weighted by molar-refractivity contribution is 0.0526. The largest absolute Gasteiger partial charge is 0.494 e. The molecule has 2 aromatic rings. The second-order valence-corrected chi connectivity index (χ2v) is 4.46. The summed E-state index contributed by atoms with van der Waals surface area (Å²) < 4.78 is 10.1. The van der Waals surface area contributed by atoms with Gasteiger partial charge in [-0.05, 0) is 19.1 Å². The van der Waals surface area contributed by atoms with Gasteiger partial charge in [0.25, 0.3) is 0 Å². The van der Waals surface area contributed by atoms with Gasteiger partial charge in [0, 0.05) is 11.6 Å². The Morgan fingerprint density at radius 1 is 1.37 bits per heavy atom. The maximum Gasteiger partial charge on any atom is 0.341 e. The number of methoxy groups -OCH3 is 1. The van der Waals surface area contributed by atoms with E-state index in [2.05, 4.69) is 4.98 Å². The lowest BCUT2D eigenvalue weighted by Gasteiger charge is -2.10. The highest BCUT2D eigenvalue weighted by molar-refractivity contribution is 6.43. The molecule has 6 heteroatoms. The summed E-state index contributed by atoms with van der Waals surface area (Å²) in [7, 11) is 1.53. The molecule has 19 heavy (non-hydrogen) atoms. The molecule has 1 heterocycles. The fraction of sp³-hybridized carbons (Fsp3) is 0.231. The van der Waals surface area contributed by atoms with Crippen LogP contribution in [0.25, 0.3) is 10.9 Å². The Labute approximate surface area is 120 Å². The van der Waals surface area contributed by atoms with Gasteiger partial charge in [-0.3, -0.25) is 4.98 Å². The van der Waals surface area contributed by atoms with Gasteiger partial charge in [-0.15, -0.1) is 0 Å². The highest BCUT2D eigenvalue weighted by Crippen LogP contribution is 2.36. The predicted octanol–water partition coefficient (Wildman–Crippen LogP) is 3.73. The number of halogens is 2. The van der Waals surface area contributed by atoms with Crippen LogP contribution in [-0.2, 0) is 4.74 Å². The Morgan fingerprint density at radius 3 is 2.74 bits per heavy atom. The van der Waals surface area contributed by atoms with Gasteiger partial charge >= 0.3 is 5.97 Å². The highest BCUT2D eigenvalue weighted by Gasteiger charge is 2.18. The molecule has 100 valence electrons. The average Bonchev–Trinajstić information content (AvgIpc) is 2.39. The molecule has 1 aromatic heterocycles. The molecule has 1 aromatic carbocycles. The van der Waals surface area contributed by atoms with Gasteiger partial charge in [0.2, 0.25) is 0 Å². The highest BCUT2D eigenvalue weighted by atomic mass is 35.5. The van der Waals surface area contributed by atoms with Gasteiger partial charge in [0.15, 0.2) is 0 Å². The van der Waals surface area contributed by atoms with Crippen molar-refractivity contribution in [3.63, 3.8) is 0 Å². The molecule has 0 bridgehead atoms. The van der Waals surface area contributed by atoms with Crippen molar-refractivity contribution >= 4 is 40.1 Å². The van der Waals surface area contributed by atoms with Crippen LogP contribution in [0.5, 0.6) is 5.75 Å². The molecule has 0 fully saturated rings. The molecular weight excluding hydrogens is 289 g/mol. The summed E-state index contributed by atoms with van der Waals surface area (Å²) in [4.78, 5) is 15.9. The van der Waals surface area contributed by atoms with Crippen molar-refractivity contribution in [2.24, 2.45) is 0 Å². The molecule has 4 nitrogen and oxygen atoms in total. The number of pyridine rings is 1. The van der Waals surface area contributed by atoms with E-state index in [9.17, 15) is 4.79 Å². The van der Waals surface area contributed by atoms with E-state index < -0.39 is 5.97 Å². The Morgan fingerprint density at radius 2 is 2.11 bits per heavy atom. The third-order valence-corrected chi connectivity index (χ3v) is 3.29. The van der Waals surface area contributed by atoms with E-state index in [0.717, 1.165) is 0 Å². The predicted molar refractivity (Wildman–Crippen MR) is 74.3 cm³/mol. The van der Waals surface area contributed by atoms with E-state index in [1.807, 2.05) is 0 Å². The number of esters is 1. The molecule has 0 saturated heterocycles. The Kier molecular flexibility index (Phi) is 4.12. The normalized spacial score (nSPS) is 10.5. The van der Waals surface area contributed by atoms with E-state index in [-0.39, 0.29) is 17.2 Å². The third kappa shape index (κ3) is 2.46. The summed E-state index contributed by atoms with van der Waals surface area (Å²) in [6, 6.07) is 3.34. The Balaban J connectivity index is 2.71. The van der Waals surface area contributed by atoms with Crippen molar-refractivity contribution in [2.45, 2.75) is 6.92 Å². The van der Waals surface area contributed by atoms with E-state index in [0.29, 0.717) is 21.7 Å². The fourth-order valence-electron chi connectivity index (χ4n) is 1.72. The number of carbonyl (C=O) groups is 1. The minimum Gasteiger partial charge on any atom is -0.494 e. The molecule has 2 rings (SSSR count). The second-order valence-electron chi connectivity index (χ2n) is 3.68. The van der Waals surface area contributed by atoms with Crippen molar-refractivity contribution in [1.29, 1.82) is 0 Å². The number of aromatic nitrogens is 1. The number of hydrogen-bond acceptors (Lipinski definition) is 4. The monoisotopic (exact) mass is 299 g/mol. The SMILES string of the molecule is CCOC(=O)c1cnc2c(OC)ccc(Cl)c2c1Cl. The minimum atomic E-state index is -0.527. The number of hydrogen-bond donors (Lipinski definition) is 0. The first-order valence-electron chi connectivity index (χ1n) is 5.58. The smallest absolute Gasteiger partial charge is 0.341 e. The van der Waals surface area contributed by atoms with Crippen LogP contribution >= 0.6 is 23.2 Å². The first kappa shape index (κ1) is 13.9. The lowest BCUT2D eigenvalue weighted by atomic mass is 10.1. The molecule has 0 saturated carbocycles. The summed E-state index contributed by atoms with van der Waals surface area (Å²) >= 11 is 12.3. The van der Waals surface area contributed by atoms with Crippen LogP contribution in [0, 0.1) is 0 Å². The lowest BCUT2D eigenvalue weighted by Crippen LogP contribution is -2.06. The number of ether oxygens (including phenoxy) is 2. The minimum absolute atomic E-state index is 0.186. The summed E-state index contributed by atoms with van der Waals surface area (Å²) in [5.41, 5.74) is 0.694. The molecular formula is C13H11Cl2NO3. The van der Waals surface area contributed by atoms with Crippen molar-refractivity contribution in [3.8, 4) is 5.75 Å². The molecule has 0 aliphatic carbocycles. The topological polar surface area (TPSA) is 48.4 Å². The standard InChI is InChI=1S/C13H11Cl2NO3/c1-3-19-13(17)7-6-16-12-9(18-2)5-4-8(14)10(12)11(7)15/h4-6H,3H2,1-2H3. The van der Waals surface area contributed by atoms with Crippen molar-refractivity contribution in [2.75, 3.05) is 13.7 Å². The van der Waals surface area contributed by atoms with Crippen molar-refractivity contribution < 1.29 is 14.3 Å². The number of rotatable bonds is 3. The second kappa shape index (κ2) is 5.63. The van der Waals surface area contributed by atoms with Crippen molar-refractivity contribution in [1.82, 2.24) is 4.98 Å². The van der Waals surface area contributed by atoms with E-state index in [4.69, 9.17) is 32.7 Å². The molecule has 0 unspecified atom stereocenters. The number of carbonyl (C=O) groups excluding carboxylic acids is 1. The molecule has 0 amide bonds. The fourth-order valence-corrected chi connectivity index (χ4v) is 2.33. The quantitative estimate of drug-likeness (QED) is 0.810. The van der Waals surface area contributed by atoms with Gasteiger partial charge in [-0.1, -0.05) is 23.2 Å². The number of nitrogens with zero attached hydrogens (tertiary/aromatic N) is 1. The van der Waals surface area contributed by atoms with Crippen LogP contribution in [0.3, 0.4) is 0 Å². The van der Waals surface area contributed by atoms with Gasteiger partial charge in [-0.2, -0.15) is 0 Å². The summed E-state index contributed by atoms with van der Waals surface area (Å²) in [6.07, 6.45) is 1.36. The van der Waals surface area contributed by atoms with Crippen LogP contribution in [0.1, 0.15) is 17.3 Å². The van der Waals surface area contributed by atoms with Gasteiger partial charge in [0.05, 0.1) is 29.3 Å². The zero-order valence-corrected chi connectivity index (χ0v) is 11.9. The number of fused-ring (bicyclic) bond motifs is 1. The molecule has 0 spiro atoms. The first-order chi connectivity index (χ1) is 9.10. The molecule has 0 aliphatic rings. The Hall–Kier alpha value is -1.52. The molecule has 0 atom stereocenters. The van der Waals surface area contributed by atoms with Crippen LogP contribution in [0.15, 0.2) is 18.3 Å². The Bertz CT molecular complexity index is 643. The van der Waals surface area contributed by atoms with Gasteiger partial charge in [0.1, 0.15) is 11.3 Å². The van der Waals surface area contributed by atoms with Crippen LogP contribution in [0.4, 0.5) is 0 Å². The average molecular weight is 300 g/mol. The zero-order chi connectivity index (χ0) is 14.0. The number of benzene rings is 1. The third-order valence-electron chi connectivity index (χ3n) is 2.58. The molecule has 0 N–H and O–H groups in total. The summed E-state index contributed by atoms with van der Waals surface area (Å²) in [6.45, 7) is 1.98. The first-order valence-corrected chi connectivity index (χ1v) is 6.33. The van der Waals surface area contributed by atoms with Crippen LogP contribution in [0.2, 0.25) is 10.0 Å². The zero-order valence-electron chi connectivity index (χ0n) is 10.4. The molecule has 0 radical (unpaired) electrons.